The molecule has 0 saturated carbocycles. The first-order chi connectivity index (χ1) is 9.66. The lowest BCUT2D eigenvalue weighted by Gasteiger charge is -2.26. The Morgan fingerprint density at radius 1 is 1.50 bits per heavy atom. The van der Waals surface area contributed by atoms with Crippen molar-refractivity contribution in [3.05, 3.63) is 16.1 Å². The summed E-state index contributed by atoms with van der Waals surface area (Å²) in [7, 11) is 0. The first-order valence-corrected chi connectivity index (χ1v) is 8.21. The lowest BCUT2D eigenvalue weighted by molar-refractivity contribution is 0.0947. The Balaban J connectivity index is 1.66. The first kappa shape index (κ1) is 15.4. The van der Waals surface area contributed by atoms with Crippen molar-refractivity contribution in [1.29, 1.82) is 0 Å². The van der Waals surface area contributed by atoms with Crippen LogP contribution in [0.2, 0.25) is 0 Å². The zero-order chi connectivity index (χ0) is 14.4. The summed E-state index contributed by atoms with van der Waals surface area (Å²) in [6, 6.07) is 0. The number of rotatable bonds is 6. The van der Waals surface area contributed by atoms with Gasteiger partial charge in [-0.25, -0.2) is 4.98 Å². The number of thiazole rings is 1. The van der Waals surface area contributed by atoms with Gasteiger partial charge in [0, 0.05) is 44.0 Å². The van der Waals surface area contributed by atoms with Gasteiger partial charge in [-0.2, -0.15) is 0 Å². The maximum Gasteiger partial charge on any atom is 0.270 e. The highest BCUT2D eigenvalue weighted by molar-refractivity contribution is 7.09. The molecule has 112 valence electrons. The van der Waals surface area contributed by atoms with Crippen LogP contribution in [-0.2, 0) is 0 Å². The van der Waals surface area contributed by atoms with Gasteiger partial charge in [0.25, 0.3) is 5.91 Å². The smallest absolute Gasteiger partial charge is 0.270 e. The Morgan fingerprint density at radius 2 is 2.25 bits per heavy atom. The number of carbonyl (C=O) groups excluding carboxylic acids is 1. The highest BCUT2D eigenvalue weighted by Gasteiger charge is 2.12. The Morgan fingerprint density at radius 3 is 2.90 bits per heavy atom. The molecule has 1 fully saturated rings. The second kappa shape index (κ2) is 7.71. The highest BCUT2D eigenvalue weighted by atomic mass is 32.1. The maximum absolute atomic E-state index is 11.9. The van der Waals surface area contributed by atoms with Crippen LogP contribution >= 0.6 is 11.3 Å². The third-order valence-electron chi connectivity index (χ3n) is 3.39. The fraction of sp³-hybridized carbons (Fsp3) is 0.714. The van der Waals surface area contributed by atoms with Gasteiger partial charge in [0.1, 0.15) is 5.69 Å². The van der Waals surface area contributed by atoms with E-state index in [1.54, 1.807) is 11.3 Å². The largest absolute Gasteiger partial charge is 0.351 e. The molecule has 20 heavy (non-hydrogen) atoms. The summed E-state index contributed by atoms with van der Waals surface area (Å²) in [5.74, 6) is 0.336. The second-order valence-corrected chi connectivity index (χ2v) is 6.32. The lowest BCUT2D eigenvalue weighted by atomic mass is 10.2. The molecule has 1 saturated heterocycles. The van der Waals surface area contributed by atoms with Crippen LogP contribution in [0.15, 0.2) is 5.38 Å². The van der Waals surface area contributed by atoms with E-state index in [1.165, 1.54) is 0 Å². The summed E-state index contributed by atoms with van der Waals surface area (Å²) in [6.45, 7) is 10.3. The van der Waals surface area contributed by atoms with E-state index in [9.17, 15) is 4.79 Å². The average molecular weight is 296 g/mol. The molecule has 1 aromatic heterocycles. The van der Waals surface area contributed by atoms with E-state index in [0.717, 1.165) is 50.7 Å². The molecule has 1 aliphatic heterocycles. The Kier molecular flexibility index (Phi) is 5.94. The molecule has 0 radical (unpaired) electrons. The molecule has 0 atom stereocenters. The number of nitrogens with zero attached hydrogens (tertiary/aromatic N) is 2. The van der Waals surface area contributed by atoms with Gasteiger partial charge < -0.3 is 15.5 Å². The molecule has 6 heteroatoms. The average Bonchev–Trinajstić information content (AvgIpc) is 2.94. The number of carbonyl (C=O) groups is 1. The van der Waals surface area contributed by atoms with Crippen molar-refractivity contribution in [2.75, 3.05) is 39.3 Å². The molecule has 0 aromatic carbocycles. The van der Waals surface area contributed by atoms with Crippen LogP contribution in [-0.4, -0.2) is 55.1 Å². The van der Waals surface area contributed by atoms with Gasteiger partial charge in [-0.1, -0.05) is 13.8 Å². The molecule has 0 unspecified atom stereocenters. The highest BCUT2D eigenvalue weighted by Crippen LogP contribution is 2.18. The number of aromatic nitrogens is 1. The van der Waals surface area contributed by atoms with Crippen molar-refractivity contribution in [3.63, 3.8) is 0 Å². The number of piperazine rings is 1. The van der Waals surface area contributed by atoms with Crippen LogP contribution in [0.3, 0.4) is 0 Å². The summed E-state index contributed by atoms with van der Waals surface area (Å²) < 4.78 is 0. The van der Waals surface area contributed by atoms with Crippen LogP contribution in [0.5, 0.6) is 0 Å². The van der Waals surface area contributed by atoms with Gasteiger partial charge in [-0.3, -0.25) is 4.79 Å². The van der Waals surface area contributed by atoms with E-state index in [2.05, 4.69) is 34.4 Å². The van der Waals surface area contributed by atoms with Crippen LogP contribution < -0.4 is 10.6 Å². The van der Waals surface area contributed by atoms with Gasteiger partial charge in [-0.05, 0) is 13.0 Å². The summed E-state index contributed by atoms with van der Waals surface area (Å²) in [5, 5.41) is 9.16. The van der Waals surface area contributed by atoms with Crippen molar-refractivity contribution < 1.29 is 4.79 Å². The third-order valence-corrected chi connectivity index (χ3v) is 4.54. The monoisotopic (exact) mass is 296 g/mol. The molecule has 1 amide bonds. The Hall–Kier alpha value is -0.980. The predicted octanol–water partition coefficient (Wildman–Crippen LogP) is 1.29. The number of hydrogen-bond acceptors (Lipinski definition) is 5. The molecule has 1 aromatic rings. The van der Waals surface area contributed by atoms with Crippen molar-refractivity contribution in [2.24, 2.45) is 0 Å². The Bertz CT molecular complexity index is 427. The van der Waals surface area contributed by atoms with E-state index in [-0.39, 0.29) is 5.91 Å². The topological polar surface area (TPSA) is 57.3 Å². The van der Waals surface area contributed by atoms with Gasteiger partial charge in [-0.15, -0.1) is 11.3 Å². The van der Waals surface area contributed by atoms with Crippen molar-refractivity contribution in [2.45, 2.75) is 26.2 Å². The fourth-order valence-corrected chi connectivity index (χ4v) is 3.00. The van der Waals surface area contributed by atoms with E-state index in [1.807, 2.05) is 5.38 Å². The van der Waals surface area contributed by atoms with Crippen LogP contribution in [0.1, 0.15) is 41.7 Å². The molecule has 0 aliphatic carbocycles. The quantitative estimate of drug-likeness (QED) is 0.777. The van der Waals surface area contributed by atoms with Crippen molar-refractivity contribution >= 4 is 17.2 Å². The minimum Gasteiger partial charge on any atom is -0.351 e. The van der Waals surface area contributed by atoms with Gasteiger partial charge in [0.05, 0.1) is 5.01 Å². The summed E-state index contributed by atoms with van der Waals surface area (Å²) in [6.07, 6.45) is 0.993. The Labute approximate surface area is 124 Å². The summed E-state index contributed by atoms with van der Waals surface area (Å²) in [4.78, 5) is 18.7. The van der Waals surface area contributed by atoms with Crippen LogP contribution in [0.25, 0.3) is 0 Å². The van der Waals surface area contributed by atoms with Gasteiger partial charge in [0.2, 0.25) is 0 Å². The predicted molar refractivity (Wildman–Crippen MR) is 82.5 cm³/mol. The van der Waals surface area contributed by atoms with Gasteiger partial charge in [0.15, 0.2) is 0 Å². The van der Waals surface area contributed by atoms with E-state index in [0.29, 0.717) is 11.6 Å². The zero-order valence-electron chi connectivity index (χ0n) is 12.3. The second-order valence-electron chi connectivity index (χ2n) is 5.43. The molecule has 2 rings (SSSR count). The normalized spacial score (nSPS) is 16.6. The lowest BCUT2D eigenvalue weighted by Crippen LogP contribution is -2.44. The molecular formula is C14H24N4OS. The molecule has 0 bridgehead atoms. The first-order valence-electron chi connectivity index (χ1n) is 7.33. The summed E-state index contributed by atoms with van der Waals surface area (Å²) >= 11 is 1.56. The van der Waals surface area contributed by atoms with Gasteiger partial charge >= 0.3 is 0 Å². The standard InChI is InChI=1S/C14H24N4OS/c1-11(2)14-17-12(10-20-14)13(19)16-4-3-7-18-8-5-15-6-9-18/h10-11,15H,3-9H2,1-2H3,(H,16,19). The molecule has 0 spiro atoms. The van der Waals surface area contributed by atoms with Crippen LogP contribution in [0, 0.1) is 0 Å². The third kappa shape index (κ3) is 4.54. The summed E-state index contributed by atoms with van der Waals surface area (Å²) in [5.41, 5.74) is 0.556. The van der Waals surface area contributed by atoms with E-state index >= 15 is 0 Å². The zero-order valence-corrected chi connectivity index (χ0v) is 13.1. The molecule has 1 aliphatic rings. The fourth-order valence-electron chi connectivity index (χ4n) is 2.19. The molecular weight excluding hydrogens is 272 g/mol. The molecule has 5 nitrogen and oxygen atoms in total. The number of hydrogen-bond donors (Lipinski definition) is 2. The van der Waals surface area contributed by atoms with E-state index < -0.39 is 0 Å². The minimum atomic E-state index is -0.0477. The number of nitrogens with one attached hydrogen (secondary N) is 2. The SMILES string of the molecule is CC(C)c1nc(C(=O)NCCCN2CCNCC2)cs1. The van der Waals surface area contributed by atoms with E-state index in [4.69, 9.17) is 0 Å². The number of amides is 1. The minimum absolute atomic E-state index is 0.0477. The molecule has 2 heterocycles. The van der Waals surface area contributed by atoms with Crippen molar-refractivity contribution in [3.8, 4) is 0 Å². The maximum atomic E-state index is 11.9. The van der Waals surface area contributed by atoms with Crippen LogP contribution in [0.4, 0.5) is 0 Å². The van der Waals surface area contributed by atoms with Crippen molar-refractivity contribution in [1.82, 2.24) is 20.5 Å². The molecule has 2 N–H and O–H groups in total.